The number of anilines is 2. The second-order valence-electron chi connectivity index (χ2n) is 7.39. The van der Waals surface area contributed by atoms with Crippen LogP contribution >= 0.6 is 23.2 Å². The van der Waals surface area contributed by atoms with E-state index in [4.69, 9.17) is 23.2 Å². The lowest BCUT2D eigenvalue weighted by molar-refractivity contribution is 0.0926. The van der Waals surface area contributed by atoms with E-state index in [1.807, 2.05) is 32.1 Å². The average Bonchev–Trinajstić information content (AvgIpc) is 2.67. The van der Waals surface area contributed by atoms with Crippen molar-refractivity contribution in [2.75, 3.05) is 24.3 Å². The summed E-state index contributed by atoms with van der Waals surface area (Å²) < 4.78 is 0. The van der Waals surface area contributed by atoms with Crippen LogP contribution in [-0.2, 0) is 0 Å². The highest BCUT2D eigenvalue weighted by molar-refractivity contribution is 6.42. The Labute approximate surface area is 175 Å². The molecule has 0 radical (unpaired) electrons. The van der Waals surface area contributed by atoms with Gasteiger partial charge in [0.05, 0.1) is 10.0 Å². The molecule has 0 atom stereocenters. The highest BCUT2D eigenvalue weighted by atomic mass is 35.5. The summed E-state index contributed by atoms with van der Waals surface area (Å²) in [5.74, 6) is 1.45. The van der Waals surface area contributed by atoms with E-state index < -0.39 is 0 Å². The monoisotopic (exact) mass is 421 g/mol. The fourth-order valence-electron chi connectivity index (χ4n) is 3.28. The number of carbonyl (C=O) groups is 1. The van der Waals surface area contributed by atoms with Crippen LogP contribution in [0.3, 0.4) is 0 Å². The highest BCUT2D eigenvalue weighted by Crippen LogP contribution is 2.25. The Hall–Kier alpha value is -2.05. The summed E-state index contributed by atoms with van der Waals surface area (Å²) >= 11 is 11.9. The maximum Gasteiger partial charge on any atom is 0.251 e. The number of nitrogens with one attached hydrogen (secondary N) is 2. The predicted octanol–water partition coefficient (Wildman–Crippen LogP) is 4.31. The molecular weight excluding hydrogens is 397 g/mol. The van der Waals surface area contributed by atoms with E-state index in [1.54, 1.807) is 18.2 Å². The molecule has 1 heterocycles. The molecule has 2 aromatic rings. The normalized spacial score (nSPS) is 19.2. The van der Waals surface area contributed by atoms with Gasteiger partial charge in [0.2, 0.25) is 5.95 Å². The number of hydrogen-bond donors (Lipinski definition) is 2. The van der Waals surface area contributed by atoms with Gasteiger partial charge >= 0.3 is 0 Å². The molecule has 1 amide bonds. The molecule has 0 unspecified atom stereocenters. The summed E-state index contributed by atoms with van der Waals surface area (Å²) in [6.45, 7) is 2.00. The van der Waals surface area contributed by atoms with E-state index in [0.717, 1.165) is 37.1 Å². The van der Waals surface area contributed by atoms with Crippen LogP contribution < -0.4 is 15.5 Å². The van der Waals surface area contributed by atoms with Gasteiger partial charge < -0.3 is 15.5 Å². The minimum Gasteiger partial charge on any atom is -0.367 e. The van der Waals surface area contributed by atoms with Gasteiger partial charge in [0.15, 0.2) is 0 Å². The fourth-order valence-corrected chi connectivity index (χ4v) is 3.57. The Bertz CT molecular complexity index is 850. The third-order valence-corrected chi connectivity index (χ3v) is 5.68. The Kier molecular flexibility index (Phi) is 6.62. The average molecular weight is 422 g/mol. The molecule has 1 aromatic carbocycles. The Morgan fingerprint density at radius 2 is 1.79 bits per heavy atom. The minimum atomic E-state index is -0.114. The summed E-state index contributed by atoms with van der Waals surface area (Å²) in [7, 11) is 3.85. The Morgan fingerprint density at radius 1 is 1.11 bits per heavy atom. The van der Waals surface area contributed by atoms with Gasteiger partial charge in [0.1, 0.15) is 5.82 Å². The van der Waals surface area contributed by atoms with Gasteiger partial charge in [-0.2, -0.15) is 4.98 Å². The van der Waals surface area contributed by atoms with E-state index in [2.05, 4.69) is 20.6 Å². The molecule has 1 aliphatic carbocycles. The molecule has 8 heteroatoms. The number of rotatable bonds is 5. The lowest BCUT2D eigenvalue weighted by Crippen LogP contribution is -2.40. The quantitative estimate of drug-likeness (QED) is 0.752. The molecule has 3 rings (SSSR count). The van der Waals surface area contributed by atoms with Crippen molar-refractivity contribution in [3.05, 3.63) is 45.6 Å². The molecule has 0 bridgehead atoms. The smallest absolute Gasteiger partial charge is 0.251 e. The van der Waals surface area contributed by atoms with Crippen molar-refractivity contribution in [1.82, 2.24) is 15.3 Å². The zero-order valence-electron chi connectivity index (χ0n) is 16.3. The van der Waals surface area contributed by atoms with Gasteiger partial charge in [-0.25, -0.2) is 4.98 Å². The third-order valence-electron chi connectivity index (χ3n) is 4.94. The van der Waals surface area contributed by atoms with Crippen molar-refractivity contribution in [1.29, 1.82) is 0 Å². The van der Waals surface area contributed by atoms with Gasteiger partial charge in [0.25, 0.3) is 5.91 Å². The van der Waals surface area contributed by atoms with Crippen LogP contribution in [0.5, 0.6) is 0 Å². The number of aromatic nitrogens is 2. The molecule has 0 spiro atoms. The Morgan fingerprint density at radius 3 is 2.43 bits per heavy atom. The Balaban J connectivity index is 1.54. The van der Waals surface area contributed by atoms with E-state index >= 15 is 0 Å². The van der Waals surface area contributed by atoms with Crippen molar-refractivity contribution in [2.45, 2.75) is 44.7 Å². The number of nitrogens with zero attached hydrogens (tertiary/aromatic N) is 3. The van der Waals surface area contributed by atoms with Crippen molar-refractivity contribution in [3.63, 3.8) is 0 Å². The maximum absolute atomic E-state index is 12.4. The number of amides is 1. The molecule has 28 heavy (non-hydrogen) atoms. The molecule has 1 fully saturated rings. The molecule has 6 nitrogen and oxygen atoms in total. The molecule has 2 N–H and O–H groups in total. The maximum atomic E-state index is 12.4. The zero-order valence-corrected chi connectivity index (χ0v) is 17.8. The largest absolute Gasteiger partial charge is 0.367 e. The molecule has 1 aromatic heterocycles. The molecule has 150 valence electrons. The highest BCUT2D eigenvalue weighted by Gasteiger charge is 2.23. The summed E-state index contributed by atoms with van der Waals surface area (Å²) in [5.41, 5.74) is 1.56. The first kappa shape index (κ1) is 20.7. The topological polar surface area (TPSA) is 70.2 Å². The van der Waals surface area contributed by atoms with Gasteiger partial charge in [-0.15, -0.1) is 0 Å². The van der Waals surface area contributed by atoms with Crippen LogP contribution in [0.2, 0.25) is 10.0 Å². The summed E-state index contributed by atoms with van der Waals surface area (Å²) in [5, 5.41) is 7.48. The zero-order chi connectivity index (χ0) is 20.3. The lowest BCUT2D eigenvalue weighted by Gasteiger charge is -2.30. The number of hydrogen-bond acceptors (Lipinski definition) is 5. The van der Waals surface area contributed by atoms with Crippen molar-refractivity contribution >= 4 is 40.9 Å². The lowest BCUT2D eigenvalue weighted by atomic mass is 9.91. The minimum absolute atomic E-state index is 0.114. The first-order valence-electron chi connectivity index (χ1n) is 9.37. The SMILES string of the molecule is Cc1cnc(N(C)C)nc1N[C@H]1CC[C@@H](NC(=O)c2ccc(Cl)c(Cl)c2)CC1. The molecule has 0 aliphatic heterocycles. The van der Waals surface area contributed by atoms with Crippen molar-refractivity contribution in [3.8, 4) is 0 Å². The summed E-state index contributed by atoms with van der Waals surface area (Å²) in [4.78, 5) is 23.3. The summed E-state index contributed by atoms with van der Waals surface area (Å²) in [6.07, 6.45) is 5.60. The second kappa shape index (κ2) is 8.97. The third kappa shape index (κ3) is 5.06. The van der Waals surface area contributed by atoms with Crippen LogP contribution in [-0.4, -0.2) is 42.1 Å². The van der Waals surface area contributed by atoms with Crippen LogP contribution in [0.1, 0.15) is 41.6 Å². The van der Waals surface area contributed by atoms with Gasteiger partial charge in [-0.05, 0) is 50.8 Å². The van der Waals surface area contributed by atoms with Crippen LogP contribution in [0.25, 0.3) is 0 Å². The van der Waals surface area contributed by atoms with E-state index in [1.165, 1.54) is 0 Å². The number of aryl methyl sites for hydroxylation is 1. The van der Waals surface area contributed by atoms with Crippen LogP contribution in [0.15, 0.2) is 24.4 Å². The molecule has 1 saturated carbocycles. The fraction of sp³-hybridized carbons (Fsp3) is 0.450. The summed E-state index contributed by atoms with van der Waals surface area (Å²) in [6, 6.07) is 5.43. The molecular formula is C20H25Cl2N5O. The van der Waals surface area contributed by atoms with Crippen molar-refractivity contribution < 1.29 is 4.79 Å². The van der Waals surface area contributed by atoms with Gasteiger partial charge in [-0.3, -0.25) is 4.79 Å². The van der Waals surface area contributed by atoms with Crippen molar-refractivity contribution in [2.24, 2.45) is 0 Å². The standard InChI is InChI=1S/C20H25Cl2N5O/c1-12-11-23-20(27(2)3)26-18(12)24-14-5-7-15(8-6-14)25-19(28)13-4-9-16(21)17(22)10-13/h4,9-11,14-15H,5-8H2,1-3H3,(H,25,28)(H,23,24,26)/t14-,15+. The van der Waals surface area contributed by atoms with Gasteiger partial charge in [0, 0.05) is 43.5 Å². The van der Waals surface area contributed by atoms with Gasteiger partial charge in [-0.1, -0.05) is 23.2 Å². The number of halogens is 2. The molecule has 0 saturated heterocycles. The molecule has 1 aliphatic rings. The van der Waals surface area contributed by atoms with E-state index in [9.17, 15) is 4.79 Å². The van der Waals surface area contributed by atoms with Crippen LogP contribution in [0, 0.1) is 6.92 Å². The second-order valence-corrected chi connectivity index (χ2v) is 8.21. The predicted molar refractivity (Wildman–Crippen MR) is 115 cm³/mol. The van der Waals surface area contributed by atoms with E-state index in [-0.39, 0.29) is 11.9 Å². The van der Waals surface area contributed by atoms with E-state index in [0.29, 0.717) is 27.6 Å². The van der Waals surface area contributed by atoms with Crippen LogP contribution in [0.4, 0.5) is 11.8 Å². The number of benzene rings is 1. The first-order valence-corrected chi connectivity index (χ1v) is 10.1. The first-order chi connectivity index (χ1) is 13.3. The number of carbonyl (C=O) groups excluding carboxylic acids is 1.